The number of nitrogens with two attached hydrogens (primary N) is 2. The van der Waals surface area contributed by atoms with Gasteiger partial charge in [0, 0.05) is 6.42 Å². The molecule has 0 fully saturated rings. The number of terminal acetylenes is 2. The van der Waals surface area contributed by atoms with Crippen molar-refractivity contribution in [1.82, 2.24) is 0 Å². The van der Waals surface area contributed by atoms with E-state index in [1.807, 2.05) is 24.3 Å². The normalized spacial score (nSPS) is 11.6. The van der Waals surface area contributed by atoms with Crippen LogP contribution in [0.3, 0.4) is 0 Å². The van der Waals surface area contributed by atoms with E-state index in [2.05, 4.69) is 11.8 Å². The fourth-order valence-electron chi connectivity index (χ4n) is 2.44. The molecule has 2 unspecified atom stereocenters. The van der Waals surface area contributed by atoms with E-state index in [0.717, 1.165) is 16.7 Å². The second-order valence-electron chi connectivity index (χ2n) is 6.63. The van der Waals surface area contributed by atoms with E-state index < -0.39 is 24.0 Å². The van der Waals surface area contributed by atoms with E-state index in [1.54, 1.807) is 24.3 Å². The molecule has 2 aromatic carbocycles. The van der Waals surface area contributed by atoms with Crippen LogP contribution in [0, 0.1) is 24.7 Å². The highest BCUT2D eigenvalue weighted by molar-refractivity contribution is 5.73. The molecule has 0 saturated heterocycles. The Balaban J connectivity index is 0.000000311. The Hall–Kier alpha value is -3.78. The molecule has 0 amide bonds. The molecule has 0 spiro atoms. The van der Waals surface area contributed by atoms with Crippen LogP contribution in [0.5, 0.6) is 5.75 Å². The van der Waals surface area contributed by atoms with Gasteiger partial charge in [0.05, 0.1) is 0 Å². The van der Waals surface area contributed by atoms with Gasteiger partial charge < -0.3 is 26.4 Å². The molecule has 0 heterocycles. The van der Waals surface area contributed by atoms with Gasteiger partial charge in [-0.25, -0.2) is 0 Å². The van der Waals surface area contributed by atoms with Gasteiger partial charge in [0.25, 0.3) is 0 Å². The van der Waals surface area contributed by atoms with Crippen LogP contribution in [0.4, 0.5) is 0 Å². The van der Waals surface area contributed by atoms with E-state index in [9.17, 15) is 9.59 Å². The second kappa shape index (κ2) is 13.4. The van der Waals surface area contributed by atoms with Crippen molar-refractivity contribution >= 4 is 11.9 Å². The summed E-state index contributed by atoms with van der Waals surface area (Å²) in [6.07, 6.45) is 11.4. The number of benzene rings is 2. The van der Waals surface area contributed by atoms with Crippen LogP contribution in [-0.2, 0) is 28.9 Å². The quantitative estimate of drug-likeness (QED) is 0.449. The molecule has 162 valence electrons. The predicted octanol–water partition coefficient (Wildman–Crippen LogP) is 1.47. The molecule has 7 nitrogen and oxygen atoms in total. The number of aliphatic carboxylic acids is 2. The number of carbonyl (C=O) groups is 2. The minimum absolute atomic E-state index is 0.216. The Kier molecular flexibility index (Phi) is 11.0. The monoisotopic (exact) mass is 422 g/mol. The number of ether oxygens (including phenoxy) is 1. The summed E-state index contributed by atoms with van der Waals surface area (Å²) in [5.41, 5.74) is 13.6. The van der Waals surface area contributed by atoms with Crippen molar-refractivity contribution in [1.29, 1.82) is 0 Å². The number of hydrogen-bond acceptors (Lipinski definition) is 5. The molecule has 2 atom stereocenters. The number of rotatable bonds is 9. The van der Waals surface area contributed by atoms with E-state index in [-0.39, 0.29) is 6.61 Å². The zero-order valence-electron chi connectivity index (χ0n) is 17.0. The molecule has 2 rings (SSSR count). The molecule has 2 aromatic rings. The van der Waals surface area contributed by atoms with Gasteiger partial charge in [0.1, 0.15) is 24.4 Å². The topological polar surface area (TPSA) is 136 Å². The lowest BCUT2D eigenvalue weighted by Gasteiger charge is -2.07. The SMILES string of the molecule is C#CCOc1ccc(CC(N)C(=O)O)cc1.C#CCc1ccc(CC(N)C(=O)O)cc1. The Morgan fingerprint density at radius 1 is 0.806 bits per heavy atom. The van der Waals surface area contributed by atoms with Gasteiger partial charge in [-0.3, -0.25) is 9.59 Å². The highest BCUT2D eigenvalue weighted by Crippen LogP contribution is 2.13. The average Bonchev–Trinajstić information content (AvgIpc) is 2.75. The summed E-state index contributed by atoms with van der Waals surface area (Å²) in [6, 6.07) is 12.8. The number of hydrogen-bond donors (Lipinski definition) is 4. The maximum atomic E-state index is 10.5. The van der Waals surface area contributed by atoms with Gasteiger partial charge in [0.15, 0.2) is 0 Å². The van der Waals surface area contributed by atoms with Crippen molar-refractivity contribution < 1.29 is 24.5 Å². The third-order valence-electron chi connectivity index (χ3n) is 4.12. The Bertz CT molecular complexity index is 924. The van der Waals surface area contributed by atoms with Gasteiger partial charge >= 0.3 is 11.9 Å². The van der Waals surface area contributed by atoms with Crippen molar-refractivity contribution in [2.45, 2.75) is 31.3 Å². The van der Waals surface area contributed by atoms with Crippen LogP contribution in [0.15, 0.2) is 48.5 Å². The summed E-state index contributed by atoms with van der Waals surface area (Å²) in [5, 5.41) is 17.3. The first-order valence-electron chi connectivity index (χ1n) is 9.40. The zero-order chi connectivity index (χ0) is 23.2. The molecule has 0 aliphatic heterocycles. The fourth-order valence-corrected chi connectivity index (χ4v) is 2.44. The highest BCUT2D eigenvalue weighted by atomic mass is 16.5. The van der Waals surface area contributed by atoms with Crippen molar-refractivity contribution in [3.05, 3.63) is 65.2 Å². The summed E-state index contributed by atoms with van der Waals surface area (Å²) in [7, 11) is 0. The van der Waals surface area contributed by atoms with E-state index in [1.165, 1.54) is 0 Å². The lowest BCUT2D eigenvalue weighted by atomic mass is 10.0. The van der Waals surface area contributed by atoms with Gasteiger partial charge in [-0.2, -0.15) is 0 Å². The van der Waals surface area contributed by atoms with Crippen molar-refractivity contribution in [2.75, 3.05) is 6.61 Å². The minimum Gasteiger partial charge on any atom is -0.481 e. The second-order valence-corrected chi connectivity index (χ2v) is 6.63. The number of carboxylic acids is 2. The Labute approximate surface area is 182 Å². The van der Waals surface area contributed by atoms with Crippen LogP contribution < -0.4 is 16.2 Å². The molecule has 0 aromatic heterocycles. The summed E-state index contributed by atoms with van der Waals surface area (Å²) in [4.78, 5) is 21.1. The van der Waals surface area contributed by atoms with E-state index in [0.29, 0.717) is 25.0 Å². The molecular formula is C24H26N2O5. The largest absolute Gasteiger partial charge is 0.481 e. The zero-order valence-corrected chi connectivity index (χ0v) is 17.0. The first kappa shape index (κ1) is 25.3. The highest BCUT2D eigenvalue weighted by Gasteiger charge is 2.12. The number of carboxylic acid groups (broad SMARTS) is 2. The smallest absolute Gasteiger partial charge is 0.320 e. The van der Waals surface area contributed by atoms with Gasteiger partial charge in [0.2, 0.25) is 0 Å². The maximum absolute atomic E-state index is 10.5. The molecule has 0 saturated carbocycles. The summed E-state index contributed by atoms with van der Waals surface area (Å²) in [6.45, 7) is 0.216. The molecule has 0 radical (unpaired) electrons. The Morgan fingerprint density at radius 2 is 1.23 bits per heavy atom. The van der Waals surface area contributed by atoms with E-state index in [4.69, 9.17) is 39.3 Å². The third-order valence-corrected chi connectivity index (χ3v) is 4.12. The first-order chi connectivity index (χ1) is 14.8. The van der Waals surface area contributed by atoms with Crippen molar-refractivity contribution in [3.8, 4) is 30.4 Å². The average molecular weight is 422 g/mol. The molecule has 0 aliphatic carbocycles. The van der Waals surface area contributed by atoms with E-state index >= 15 is 0 Å². The fraction of sp³-hybridized carbons (Fsp3) is 0.250. The summed E-state index contributed by atoms with van der Waals surface area (Å²) in [5.74, 6) is 3.57. The molecule has 31 heavy (non-hydrogen) atoms. The third kappa shape index (κ3) is 10.00. The van der Waals surface area contributed by atoms with Crippen LogP contribution in [0.2, 0.25) is 0 Å². The standard InChI is InChI=1S/C12H13NO3.C12H13NO2/c1-2-7-16-10-5-3-9(4-6-10)8-11(13)12(14)15;1-2-3-9-4-6-10(7-5-9)8-11(13)12(14)15/h1,3-6,11H,7-8,13H2,(H,14,15);1,4-7,11H,3,8,13H2,(H,14,15). The molecule has 7 heteroatoms. The van der Waals surface area contributed by atoms with Gasteiger partial charge in [-0.05, 0) is 41.7 Å². The lowest BCUT2D eigenvalue weighted by molar-refractivity contribution is -0.139. The lowest BCUT2D eigenvalue weighted by Crippen LogP contribution is -2.32. The van der Waals surface area contributed by atoms with Crippen LogP contribution in [0.1, 0.15) is 16.7 Å². The molecule has 0 aliphatic rings. The molecule has 6 N–H and O–H groups in total. The Morgan fingerprint density at radius 3 is 1.61 bits per heavy atom. The predicted molar refractivity (Wildman–Crippen MR) is 118 cm³/mol. The van der Waals surface area contributed by atoms with Crippen molar-refractivity contribution in [2.24, 2.45) is 11.5 Å². The molecular weight excluding hydrogens is 396 g/mol. The summed E-state index contributed by atoms with van der Waals surface area (Å²) >= 11 is 0. The minimum atomic E-state index is -1.01. The summed E-state index contributed by atoms with van der Waals surface area (Å²) < 4.78 is 5.18. The maximum Gasteiger partial charge on any atom is 0.320 e. The first-order valence-corrected chi connectivity index (χ1v) is 9.40. The van der Waals surface area contributed by atoms with Gasteiger partial charge in [-0.1, -0.05) is 42.3 Å². The van der Waals surface area contributed by atoms with Crippen LogP contribution >= 0.6 is 0 Å². The molecule has 0 bridgehead atoms. The van der Waals surface area contributed by atoms with Gasteiger partial charge in [-0.15, -0.1) is 18.8 Å². The van der Waals surface area contributed by atoms with Crippen LogP contribution in [0.25, 0.3) is 0 Å². The van der Waals surface area contributed by atoms with Crippen molar-refractivity contribution in [3.63, 3.8) is 0 Å². The van der Waals surface area contributed by atoms with Crippen LogP contribution in [-0.4, -0.2) is 40.8 Å².